The molecule has 24 heavy (non-hydrogen) atoms. The van der Waals surface area contributed by atoms with Crippen LogP contribution in [-0.4, -0.2) is 18.5 Å². The first kappa shape index (κ1) is 16.1. The van der Waals surface area contributed by atoms with E-state index >= 15 is 0 Å². The second kappa shape index (κ2) is 6.74. The standard InChI is InChI=1S/C19H19NO4/c1-12(14-6-4-3-5-7-14)8-19(22)20-16-10-18-17(23-11-24-18)9-15(16)13(2)21/h3-7,9-10,12H,8,11H2,1-2H3,(H,20,22). The van der Waals surface area contributed by atoms with Crippen LogP contribution < -0.4 is 14.8 Å². The van der Waals surface area contributed by atoms with Crippen LogP contribution in [0, 0.1) is 0 Å². The molecule has 1 atom stereocenters. The number of rotatable bonds is 5. The van der Waals surface area contributed by atoms with Crippen molar-refractivity contribution in [2.45, 2.75) is 26.2 Å². The Morgan fingerprint density at radius 3 is 2.46 bits per heavy atom. The third-order valence-corrected chi connectivity index (χ3v) is 4.03. The summed E-state index contributed by atoms with van der Waals surface area (Å²) in [5.74, 6) is 0.857. The molecule has 1 amide bonds. The fraction of sp³-hybridized carbons (Fsp3) is 0.263. The van der Waals surface area contributed by atoms with Crippen molar-refractivity contribution in [2.24, 2.45) is 0 Å². The van der Waals surface area contributed by atoms with Crippen LogP contribution >= 0.6 is 0 Å². The molecule has 0 saturated heterocycles. The Labute approximate surface area is 140 Å². The molecule has 1 aliphatic heterocycles. The highest BCUT2D eigenvalue weighted by atomic mass is 16.7. The number of Topliss-reactive ketones (excluding diaryl/α,β-unsaturated/α-hetero) is 1. The summed E-state index contributed by atoms with van der Waals surface area (Å²) in [6.45, 7) is 3.58. The van der Waals surface area contributed by atoms with Gasteiger partial charge >= 0.3 is 0 Å². The van der Waals surface area contributed by atoms with Gasteiger partial charge in [0.25, 0.3) is 0 Å². The van der Waals surface area contributed by atoms with E-state index in [4.69, 9.17) is 9.47 Å². The lowest BCUT2D eigenvalue weighted by molar-refractivity contribution is -0.116. The fourth-order valence-electron chi connectivity index (χ4n) is 2.72. The topological polar surface area (TPSA) is 64.6 Å². The molecule has 0 saturated carbocycles. The van der Waals surface area contributed by atoms with E-state index in [2.05, 4.69) is 5.32 Å². The van der Waals surface area contributed by atoms with Crippen LogP contribution in [0.2, 0.25) is 0 Å². The van der Waals surface area contributed by atoms with Gasteiger partial charge in [-0.05, 0) is 24.5 Å². The summed E-state index contributed by atoms with van der Waals surface area (Å²) in [5.41, 5.74) is 1.97. The first-order valence-electron chi connectivity index (χ1n) is 7.84. The maximum Gasteiger partial charge on any atom is 0.231 e. The summed E-state index contributed by atoms with van der Waals surface area (Å²) in [6.07, 6.45) is 0.329. The second-order valence-corrected chi connectivity index (χ2v) is 5.87. The van der Waals surface area contributed by atoms with Gasteiger partial charge < -0.3 is 14.8 Å². The second-order valence-electron chi connectivity index (χ2n) is 5.87. The molecule has 1 unspecified atom stereocenters. The third kappa shape index (κ3) is 3.40. The number of ether oxygens (including phenoxy) is 2. The molecule has 5 heteroatoms. The zero-order chi connectivity index (χ0) is 17.1. The van der Waals surface area contributed by atoms with Gasteiger partial charge in [0.2, 0.25) is 12.7 Å². The molecular weight excluding hydrogens is 306 g/mol. The SMILES string of the molecule is CC(=O)c1cc2c(cc1NC(=O)CC(C)c1ccccc1)OCO2. The maximum absolute atomic E-state index is 12.4. The average molecular weight is 325 g/mol. The van der Waals surface area contributed by atoms with E-state index in [0.717, 1.165) is 5.56 Å². The lowest BCUT2D eigenvalue weighted by atomic mass is 9.97. The molecule has 3 rings (SSSR count). The van der Waals surface area contributed by atoms with Crippen LogP contribution in [0.3, 0.4) is 0 Å². The van der Waals surface area contributed by atoms with Crippen molar-refractivity contribution in [3.63, 3.8) is 0 Å². The Balaban J connectivity index is 1.75. The van der Waals surface area contributed by atoms with Crippen molar-refractivity contribution in [3.05, 3.63) is 53.6 Å². The molecule has 0 radical (unpaired) electrons. The van der Waals surface area contributed by atoms with Gasteiger partial charge in [-0.3, -0.25) is 9.59 Å². The van der Waals surface area contributed by atoms with E-state index in [0.29, 0.717) is 29.2 Å². The summed E-state index contributed by atoms with van der Waals surface area (Å²) in [6, 6.07) is 13.1. The molecule has 2 aromatic carbocycles. The van der Waals surface area contributed by atoms with E-state index in [1.165, 1.54) is 6.92 Å². The first-order chi connectivity index (χ1) is 11.5. The van der Waals surface area contributed by atoms with Crippen molar-refractivity contribution in [3.8, 4) is 11.5 Å². The molecule has 0 spiro atoms. The highest BCUT2D eigenvalue weighted by Gasteiger charge is 2.21. The van der Waals surface area contributed by atoms with Gasteiger partial charge in [0.1, 0.15) is 0 Å². The number of hydrogen-bond acceptors (Lipinski definition) is 4. The van der Waals surface area contributed by atoms with E-state index in [-0.39, 0.29) is 24.4 Å². The number of ketones is 1. The number of carbonyl (C=O) groups is 2. The van der Waals surface area contributed by atoms with Crippen molar-refractivity contribution in [1.29, 1.82) is 0 Å². The molecule has 0 bridgehead atoms. The molecule has 5 nitrogen and oxygen atoms in total. The predicted molar refractivity (Wildman–Crippen MR) is 90.7 cm³/mol. The molecule has 1 heterocycles. The lowest BCUT2D eigenvalue weighted by Crippen LogP contribution is -2.16. The number of benzene rings is 2. The minimum atomic E-state index is -0.146. The largest absolute Gasteiger partial charge is 0.454 e. The molecular formula is C19H19NO4. The van der Waals surface area contributed by atoms with Crippen LogP contribution in [0.15, 0.2) is 42.5 Å². The zero-order valence-corrected chi connectivity index (χ0v) is 13.7. The molecule has 1 aliphatic rings. The number of anilines is 1. The van der Waals surface area contributed by atoms with Crippen molar-refractivity contribution in [2.75, 3.05) is 12.1 Å². The van der Waals surface area contributed by atoms with Gasteiger partial charge in [-0.15, -0.1) is 0 Å². The van der Waals surface area contributed by atoms with Crippen molar-refractivity contribution < 1.29 is 19.1 Å². The van der Waals surface area contributed by atoms with Crippen LogP contribution in [0.1, 0.15) is 42.1 Å². The van der Waals surface area contributed by atoms with Crippen LogP contribution in [-0.2, 0) is 4.79 Å². The number of fused-ring (bicyclic) bond motifs is 1. The highest BCUT2D eigenvalue weighted by molar-refractivity contribution is 6.04. The predicted octanol–water partition coefficient (Wildman–Crippen LogP) is 3.75. The number of hydrogen-bond donors (Lipinski definition) is 1. The quantitative estimate of drug-likeness (QED) is 0.850. The fourth-order valence-corrected chi connectivity index (χ4v) is 2.72. The van der Waals surface area contributed by atoms with Crippen LogP contribution in [0.5, 0.6) is 11.5 Å². The highest BCUT2D eigenvalue weighted by Crippen LogP contribution is 2.37. The van der Waals surface area contributed by atoms with E-state index in [9.17, 15) is 9.59 Å². The van der Waals surface area contributed by atoms with E-state index in [1.54, 1.807) is 12.1 Å². The number of nitrogens with one attached hydrogen (secondary N) is 1. The maximum atomic E-state index is 12.4. The van der Waals surface area contributed by atoms with Gasteiger partial charge in [0.15, 0.2) is 17.3 Å². The van der Waals surface area contributed by atoms with Crippen molar-refractivity contribution >= 4 is 17.4 Å². The van der Waals surface area contributed by atoms with Gasteiger partial charge in [-0.2, -0.15) is 0 Å². The third-order valence-electron chi connectivity index (χ3n) is 4.03. The Kier molecular flexibility index (Phi) is 4.51. The molecule has 0 fully saturated rings. The molecule has 1 N–H and O–H groups in total. The lowest BCUT2D eigenvalue weighted by Gasteiger charge is -2.14. The Morgan fingerprint density at radius 2 is 1.79 bits per heavy atom. The zero-order valence-electron chi connectivity index (χ0n) is 13.7. The Morgan fingerprint density at radius 1 is 1.12 bits per heavy atom. The first-order valence-corrected chi connectivity index (χ1v) is 7.84. The molecule has 2 aromatic rings. The monoisotopic (exact) mass is 325 g/mol. The number of amides is 1. The minimum absolute atomic E-state index is 0.0842. The smallest absolute Gasteiger partial charge is 0.231 e. The normalized spacial score (nSPS) is 13.4. The van der Waals surface area contributed by atoms with Gasteiger partial charge in [-0.25, -0.2) is 0 Å². The van der Waals surface area contributed by atoms with Gasteiger partial charge in [-0.1, -0.05) is 37.3 Å². The Hall–Kier alpha value is -2.82. The average Bonchev–Trinajstić information content (AvgIpc) is 3.02. The van der Waals surface area contributed by atoms with E-state index < -0.39 is 0 Å². The Bertz CT molecular complexity index is 770. The summed E-state index contributed by atoms with van der Waals surface area (Å²) in [4.78, 5) is 24.2. The van der Waals surface area contributed by atoms with Crippen LogP contribution in [0.25, 0.3) is 0 Å². The minimum Gasteiger partial charge on any atom is -0.454 e. The van der Waals surface area contributed by atoms with Crippen molar-refractivity contribution in [1.82, 2.24) is 0 Å². The number of carbonyl (C=O) groups excluding carboxylic acids is 2. The summed E-state index contributed by atoms with van der Waals surface area (Å²) >= 11 is 0. The summed E-state index contributed by atoms with van der Waals surface area (Å²) < 4.78 is 10.6. The molecule has 0 aliphatic carbocycles. The summed E-state index contributed by atoms with van der Waals surface area (Å²) in [7, 11) is 0. The van der Waals surface area contributed by atoms with E-state index in [1.807, 2.05) is 37.3 Å². The summed E-state index contributed by atoms with van der Waals surface area (Å²) in [5, 5.41) is 2.83. The van der Waals surface area contributed by atoms with Gasteiger partial charge in [0, 0.05) is 18.1 Å². The van der Waals surface area contributed by atoms with Crippen LogP contribution in [0.4, 0.5) is 5.69 Å². The molecule has 124 valence electrons. The molecule has 0 aromatic heterocycles. The van der Waals surface area contributed by atoms with Gasteiger partial charge in [0.05, 0.1) is 5.69 Å².